The van der Waals surface area contributed by atoms with Gasteiger partial charge in [-0.15, -0.1) is 0 Å². The predicted molar refractivity (Wildman–Crippen MR) is 57.5 cm³/mol. The highest BCUT2D eigenvalue weighted by atomic mass is 16.3. The molecule has 4 heteroatoms. The van der Waals surface area contributed by atoms with Crippen LogP contribution in [0.2, 0.25) is 0 Å². The highest BCUT2D eigenvalue weighted by Crippen LogP contribution is 2.15. The largest absolute Gasteiger partial charge is 0.508 e. The standard InChI is InChI=1S/C11H11N3O/c15-11-3-1-2-9(6-11)14-8-10-7-12-4-5-13-10/h1-7,14-15H,8H2. The minimum atomic E-state index is 0.249. The van der Waals surface area contributed by atoms with Crippen molar-refractivity contribution in [2.45, 2.75) is 6.54 Å². The summed E-state index contributed by atoms with van der Waals surface area (Å²) in [4.78, 5) is 8.09. The third-order valence-corrected chi connectivity index (χ3v) is 1.94. The number of rotatable bonds is 3. The monoisotopic (exact) mass is 201 g/mol. The normalized spacial score (nSPS) is 9.87. The van der Waals surface area contributed by atoms with E-state index in [0.717, 1.165) is 11.4 Å². The van der Waals surface area contributed by atoms with Gasteiger partial charge in [0.1, 0.15) is 5.75 Å². The van der Waals surface area contributed by atoms with Crippen molar-refractivity contribution in [2.75, 3.05) is 5.32 Å². The maximum absolute atomic E-state index is 9.24. The Bertz CT molecular complexity index is 431. The number of phenols is 1. The molecule has 15 heavy (non-hydrogen) atoms. The second kappa shape index (κ2) is 4.41. The van der Waals surface area contributed by atoms with Gasteiger partial charge in [-0.25, -0.2) is 0 Å². The summed E-state index contributed by atoms with van der Waals surface area (Å²) in [6.07, 6.45) is 4.99. The first-order chi connectivity index (χ1) is 7.34. The molecule has 0 aliphatic heterocycles. The SMILES string of the molecule is Oc1cccc(NCc2cnccn2)c1. The van der Waals surface area contributed by atoms with Gasteiger partial charge in [0, 0.05) is 24.1 Å². The first-order valence-corrected chi connectivity index (χ1v) is 4.62. The summed E-state index contributed by atoms with van der Waals surface area (Å²) >= 11 is 0. The maximum Gasteiger partial charge on any atom is 0.117 e. The van der Waals surface area contributed by atoms with Crippen molar-refractivity contribution >= 4 is 5.69 Å². The minimum Gasteiger partial charge on any atom is -0.508 e. The summed E-state index contributed by atoms with van der Waals surface area (Å²) in [5, 5.41) is 12.4. The summed E-state index contributed by atoms with van der Waals surface area (Å²) in [7, 11) is 0. The van der Waals surface area contributed by atoms with E-state index in [1.165, 1.54) is 0 Å². The van der Waals surface area contributed by atoms with Gasteiger partial charge in [-0.1, -0.05) is 6.07 Å². The van der Waals surface area contributed by atoms with Crippen molar-refractivity contribution in [2.24, 2.45) is 0 Å². The average Bonchev–Trinajstić information content (AvgIpc) is 2.28. The predicted octanol–water partition coefficient (Wildman–Crippen LogP) is 1.79. The van der Waals surface area contributed by atoms with E-state index in [1.54, 1.807) is 36.8 Å². The number of benzene rings is 1. The molecule has 0 saturated carbocycles. The Labute approximate surface area is 87.6 Å². The van der Waals surface area contributed by atoms with Gasteiger partial charge in [0.05, 0.1) is 18.4 Å². The lowest BCUT2D eigenvalue weighted by atomic mass is 10.3. The fraction of sp³-hybridized carbons (Fsp3) is 0.0909. The first-order valence-electron chi connectivity index (χ1n) is 4.62. The van der Waals surface area contributed by atoms with Gasteiger partial charge in [0.2, 0.25) is 0 Å². The van der Waals surface area contributed by atoms with E-state index in [1.807, 2.05) is 6.07 Å². The van der Waals surface area contributed by atoms with Crippen LogP contribution in [0.3, 0.4) is 0 Å². The van der Waals surface area contributed by atoms with Gasteiger partial charge in [0.25, 0.3) is 0 Å². The average molecular weight is 201 g/mol. The van der Waals surface area contributed by atoms with E-state index >= 15 is 0 Å². The third kappa shape index (κ3) is 2.67. The lowest BCUT2D eigenvalue weighted by molar-refractivity contribution is 0.475. The number of aromatic hydroxyl groups is 1. The fourth-order valence-corrected chi connectivity index (χ4v) is 1.23. The molecule has 4 nitrogen and oxygen atoms in total. The van der Waals surface area contributed by atoms with Crippen LogP contribution < -0.4 is 5.32 Å². The van der Waals surface area contributed by atoms with Gasteiger partial charge in [-0.2, -0.15) is 0 Å². The van der Waals surface area contributed by atoms with E-state index in [9.17, 15) is 5.11 Å². The second-order valence-corrected chi connectivity index (χ2v) is 3.10. The number of anilines is 1. The van der Waals surface area contributed by atoms with Crippen LogP contribution in [0.25, 0.3) is 0 Å². The van der Waals surface area contributed by atoms with Crippen LogP contribution in [0, 0.1) is 0 Å². The number of hydrogen-bond donors (Lipinski definition) is 2. The van der Waals surface area contributed by atoms with Crippen LogP contribution in [0.5, 0.6) is 5.75 Å². The summed E-state index contributed by atoms with van der Waals surface area (Å²) < 4.78 is 0. The smallest absolute Gasteiger partial charge is 0.117 e. The Balaban J connectivity index is 1.99. The topological polar surface area (TPSA) is 58.0 Å². The Morgan fingerprint density at radius 2 is 2.20 bits per heavy atom. The molecule has 0 aliphatic carbocycles. The molecule has 0 radical (unpaired) electrons. The molecule has 0 bridgehead atoms. The molecule has 0 atom stereocenters. The van der Waals surface area contributed by atoms with Gasteiger partial charge in [0.15, 0.2) is 0 Å². The molecule has 2 N–H and O–H groups in total. The molecule has 2 rings (SSSR count). The van der Waals surface area contributed by atoms with Crippen molar-refractivity contribution in [3.8, 4) is 5.75 Å². The van der Waals surface area contributed by atoms with Crippen molar-refractivity contribution in [3.63, 3.8) is 0 Å². The molecule has 1 aromatic carbocycles. The Morgan fingerprint density at radius 1 is 1.27 bits per heavy atom. The summed E-state index contributed by atoms with van der Waals surface area (Å²) in [5.74, 6) is 0.249. The van der Waals surface area contributed by atoms with Gasteiger partial charge in [-0.05, 0) is 12.1 Å². The van der Waals surface area contributed by atoms with Crippen LogP contribution in [0.1, 0.15) is 5.69 Å². The van der Waals surface area contributed by atoms with Crippen LogP contribution in [-0.4, -0.2) is 15.1 Å². The molecular formula is C11H11N3O. The van der Waals surface area contributed by atoms with Crippen molar-refractivity contribution < 1.29 is 5.11 Å². The maximum atomic E-state index is 9.24. The van der Waals surface area contributed by atoms with Gasteiger partial charge < -0.3 is 10.4 Å². The second-order valence-electron chi connectivity index (χ2n) is 3.10. The minimum absolute atomic E-state index is 0.249. The number of nitrogens with one attached hydrogen (secondary N) is 1. The highest BCUT2D eigenvalue weighted by molar-refractivity contribution is 5.47. The zero-order valence-electron chi connectivity index (χ0n) is 8.09. The van der Waals surface area contributed by atoms with E-state index in [-0.39, 0.29) is 5.75 Å². The molecule has 2 aromatic rings. The lowest BCUT2D eigenvalue weighted by Crippen LogP contribution is -2.01. The summed E-state index contributed by atoms with van der Waals surface area (Å²) in [5.41, 5.74) is 1.72. The molecule has 0 spiro atoms. The molecule has 76 valence electrons. The quantitative estimate of drug-likeness (QED) is 0.794. The van der Waals surface area contributed by atoms with E-state index in [4.69, 9.17) is 0 Å². The molecule has 0 fully saturated rings. The van der Waals surface area contributed by atoms with Crippen LogP contribution in [0.4, 0.5) is 5.69 Å². The van der Waals surface area contributed by atoms with Crippen LogP contribution in [0.15, 0.2) is 42.9 Å². The van der Waals surface area contributed by atoms with Crippen LogP contribution in [-0.2, 0) is 6.54 Å². The van der Waals surface area contributed by atoms with Crippen molar-refractivity contribution in [1.29, 1.82) is 0 Å². The fourth-order valence-electron chi connectivity index (χ4n) is 1.23. The Hall–Kier alpha value is -2.10. The summed E-state index contributed by atoms with van der Waals surface area (Å²) in [6.45, 7) is 0.595. The van der Waals surface area contributed by atoms with Gasteiger partial charge in [-0.3, -0.25) is 9.97 Å². The Morgan fingerprint density at radius 3 is 2.93 bits per heavy atom. The zero-order chi connectivity index (χ0) is 10.5. The van der Waals surface area contributed by atoms with Crippen molar-refractivity contribution in [1.82, 2.24) is 9.97 Å². The van der Waals surface area contributed by atoms with E-state index in [0.29, 0.717) is 6.54 Å². The molecule has 0 unspecified atom stereocenters. The molecular weight excluding hydrogens is 190 g/mol. The number of hydrogen-bond acceptors (Lipinski definition) is 4. The molecule has 0 aliphatic rings. The third-order valence-electron chi connectivity index (χ3n) is 1.94. The van der Waals surface area contributed by atoms with E-state index < -0.39 is 0 Å². The molecule has 1 heterocycles. The zero-order valence-corrected chi connectivity index (χ0v) is 8.09. The molecule has 0 saturated heterocycles. The van der Waals surface area contributed by atoms with Gasteiger partial charge >= 0.3 is 0 Å². The highest BCUT2D eigenvalue weighted by Gasteiger charge is 1.95. The molecule has 0 amide bonds. The van der Waals surface area contributed by atoms with Crippen LogP contribution >= 0.6 is 0 Å². The number of aromatic nitrogens is 2. The number of phenolic OH excluding ortho intramolecular Hbond substituents is 1. The number of nitrogens with zero attached hydrogens (tertiary/aromatic N) is 2. The van der Waals surface area contributed by atoms with E-state index in [2.05, 4.69) is 15.3 Å². The van der Waals surface area contributed by atoms with Crippen molar-refractivity contribution in [3.05, 3.63) is 48.5 Å². The molecule has 1 aromatic heterocycles. The summed E-state index contributed by atoms with van der Waals surface area (Å²) in [6, 6.07) is 6.97. The Kier molecular flexibility index (Phi) is 2.78. The first kappa shape index (κ1) is 9.45. The lowest BCUT2D eigenvalue weighted by Gasteiger charge is -2.05.